The van der Waals surface area contributed by atoms with Crippen LogP contribution in [0.5, 0.6) is 0 Å². The van der Waals surface area contributed by atoms with Crippen molar-refractivity contribution in [1.29, 1.82) is 0 Å². The van der Waals surface area contributed by atoms with Gasteiger partial charge in [-0.15, -0.1) is 0 Å². The van der Waals surface area contributed by atoms with Crippen molar-refractivity contribution in [2.45, 2.75) is 65.3 Å². The van der Waals surface area contributed by atoms with Crippen LogP contribution in [0, 0.1) is 5.92 Å². The van der Waals surface area contributed by atoms with E-state index in [0.717, 1.165) is 89.0 Å². The molecule has 1 aromatic rings. The van der Waals surface area contributed by atoms with E-state index in [-0.39, 0.29) is 0 Å². The van der Waals surface area contributed by atoms with Crippen LogP contribution in [0.1, 0.15) is 70.2 Å². The molecule has 7 nitrogen and oxygen atoms in total. The highest BCUT2D eigenvalue weighted by atomic mass is 16.5. The van der Waals surface area contributed by atoms with Crippen molar-refractivity contribution in [3.05, 3.63) is 17.5 Å². The van der Waals surface area contributed by atoms with E-state index in [1.807, 2.05) is 6.07 Å². The normalized spacial score (nSPS) is 15.9. The van der Waals surface area contributed by atoms with Gasteiger partial charge in [0.2, 0.25) is 0 Å². The van der Waals surface area contributed by atoms with Crippen molar-refractivity contribution >= 4 is 5.96 Å². The number of nitrogens with zero attached hydrogens (tertiary/aromatic N) is 2. The second kappa shape index (κ2) is 13.6. The highest BCUT2D eigenvalue weighted by Gasteiger charge is 2.14. The molecule has 1 aromatic heterocycles. The third-order valence-electron chi connectivity index (χ3n) is 5.17. The van der Waals surface area contributed by atoms with Crippen LogP contribution in [0.4, 0.5) is 0 Å². The molecule has 1 aliphatic rings. The van der Waals surface area contributed by atoms with Gasteiger partial charge in [0, 0.05) is 51.5 Å². The third-order valence-corrected chi connectivity index (χ3v) is 5.17. The molecule has 7 heteroatoms. The lowest BCUT2D eigenvalue weighted by Gasteiger charge is -2.21. The predicted molar refractivity (Wildman–Crippen MR) is 112 cm³/mol. The summed E-state index contributed by atoms with van der Waals surface area (Å²) in [6.07, 6.45) is 5.35. The van der Waals surface area contributed by atoms with E-state index in [9.17, 15) is 0 Å². The Morgan fingerprint density at radius 1 is 1.25 bits per heavy atom. The van der Waals surface area contributed by atoms with Crippen LogP contribution < -0.4 is 10.6 Å². The SMILES string of the molecule is CCNC(=NCc1cc(C(CC)CC)no1)NCCCOCC1CCOCC1. The molecule has 0 unspecified atom stereocenters. The van der Waals surface area contributed by atoms with Gasteiger partial charge >= 0.3 is 0 Å². The minimum atomic E-state index is 0.467. The Labute approximate surface area is 169 Å². The van der Waals surface area contributed by atoms with E-state index in [0.29, 0.717) is 18.4 Å². The quantitative estimate of drug-likeness (QED) is 0.321. The molecule has 0 aromatic carbocycles. The lowest BCUT2D eigenvalue weighted by atomic mass is 9.99. The van der Waals surface area contributed by atoms with Gasteiger partial charge in [0.1, 0.15) is 6.54 Å². The maximum Gasteiger partial charge on any atom is 0.191 e. The van der Waals surface area contributed by atoms with E-state index < -0.39 is 0 Å². The lowest BCUT2D eigenvalue weighted by molar-refractivity contribution is 0.0203. The Morgan fingerprint density at radius 3 is 2.75 bits per heavy atom. The van der Waals surface area contributed by atoms with Crippen molar-refractivity contribution in [3.63, 3.8) is 0 Å². The first-order valence-corrected chi connectivity index (χ1v) is 10.9. The minimum Gasteiger partial charge on any atom is -0.381 e. The van der Waals surface area contributed by atoms with Gasteiger partial charge in [0.15, 0.2) is 11.7 Å². The van der Waals surface area contributed by atoms with Gasteiger partial charge in [0.05, 0.1) is 5.69 Å². The number of ether oxygens (including phenoxy) is 2. The summed E-state index contributed by atoms with van der Waals surface area (Å²) in [5.74, 6) is 2.73. The van der Waals surface area contributed by atoms with E-state index in [2.05, 4.69) is 41.6 Å². The zero-order valence-electron chi connectivity index (χ0n) is 17.8. The van der Waals surface area contributed by atoms with Crippen LogP contribution in [0.2, 0.25) is 0 Å². The van der Waals surface area contributed by atoms with E-state index in [1.165, 1.54) is 0 Å². The molecule has 1 saturated heterocycles. The zero-order chi connectivity index (χ0) is 20.0. The number of hydrogen-bond donors (Lipinski definition) is 2. The van der Waals surface area contributed by atoms with Crippen LogP contribution >= 0.6 is 0 Å². The summed E-state index contributed by atoms with van der Waals surface area (Å²) in [6, 6.07) is 2.04. The largest absolute Gasteiger partial charge is 0.381 e. The van der Waals surface area contributed by atoms with E-state index in [4.69, 9.17) is 14.0 Å². The van der Waals surface area contributed by atoms with Crippen LogP contribution in [0.15, 0.2) is 15.6 Å². The van der Waals surface area contributed by atoms with Crippen molar-refractivity contribution in [2.75, 3.05) is 39.5 Å². The molecule has 0 atom stereocenters. The highest BCUT2D eigenvalue weighted by Crippen LogP contribution is 2.22. The van der Waals surface area contributed by atoms with Gasteiger partial charge in [-0.3, -0.25) is 0 Å². The molecule has 160 valence electrons. The van der Waals surface area contributed by atoms with Gasteiger partial charge in [-0.25, -0.2) is 4.99 Å². The van der Waals surface area contributed by atoms with Crippen LogP contribution in [-0.4, -0.2) is 50.6 Å². The first-order chi connectivity index (χ1) is 13.8. The van der Waals surface area contributed by atoms with Crippen molar-refractivity contribution < 1.29 is 14.0 Å². The maximum absolute atomic E-state index is 5.81. The fourth-order valence-corrected chi connectivity index (χ4v) is 3.35. The average Bonchev–Trinajstić information content (AvgIpc) is 3.19. The first-order valence-electron chi connectivity index (χ1n) is 10.9. The summed E-state index contributed by atoms with van der Waals surface area (Å²) in [6.45, 7) is 11.9. The van der Waals surface area contributed by atoms with Gasteiger partial charge in [-0.05, 0) is 44.9 Å². The highest BCUT2D eigenvalue weighted by molar-refractivity contribution is 5.79. The van der Waals surface area contributed by atoms with Crippen molar-refractivity contribution in [2.24, 2.45) is 10.9 Å². The topological polar surface area (TPSA) is 80.9 Å². The Kier molecular flexibility index (Phi) is 11.0. The number of guanidine groups is 1. The van der Waals surface area contributed by atoms with Gasteiger partial charge in [-0.1, -0.05) is 19.0 Å². The molecule has 0 aliphatic carbocycles. The Bertz CT molecular complexity index is 552. The number of hydrogen-bond acceptors (Lipinski definition) is 5. The fraction of sp³-hybridized carbons (Fsp3) is 0.810. The first kappa shape index (κ1) is 22.7. The second-order valence-electron chi connectivity index (χ2n) is 7.34. The lowest BCUT2D eigenvalue weighted by Crippen LogP contribution is -2.38. The van der Waals surface area contributed by atoms with Gasteiger partial charge in [-0.2, -0.15) is 0 Å². The predicted octanol–water partition coefficient (Wildman–Crippen LogP) is 3.47. The number of aromatic nitrogens is 1. The Morgan fingerprint density at radius 2 is 2.04 bits per heavy atom. The molecule has 2 rings (SSSR count). The number of nitrogens with one attached hydrogen (secondary N) is 2. The Balaban J connectivity index is 1.67. The molecule has 2 N–H and O–H groups in total. The molecule has 0 amide bonds. The summed E-state index contributed by atoms with van der Waals surface area (Å²) in [5.41, 5.74) is 1.04. The second-order valence-corrected chi connectivity index (χ2v) is 7.34. The monoisotopic (exact) mass is 394 g/mol. The molecular formula is C21H38N4O3. The minimum absolute atomic E-state index is 0.467. The summed E-state index contributed by atoms with van der Waals surface area (Å²) in [5, 5.41) is 10.8. The maximum atomic E-state index is 5.81. The molecule has 0 spiro atoms. The standard InChI is InChI=1S/C21H38N4O3/c1-4-18(5-2)20-14-19(28-25-20)15-24-21(22-6-3)23-10-7-11-27-16-17-8-12-26-13-9-17/h14,17-18H,4-13,15-16H2,1-3H3,(H2,22,23,24). The van der Waals surface area contributed by atoms with Crippen molar-refractivity contribution in [3.8, 4) is 0 Å². The van der Waals surface area contributed by atoms with E-state index >= 15 is 0 Å². The van der Waals surface area contributed by atoms with Crippen LogP contribution in [-0.2, 0) is 16.0 Å². The van der Waals surface area contributed by atoms with Crippen LogP contribution in [0.25, 0.3) is 0 Å². The molecule has 0 saturated carbocycles. The summed E-state index contributed by atoms with van der Waals surface area (Å²) in [7, 11) is 0. The molecule has 28 heavy (non-hydrogen) atoms. The van der Waals surface area contributed by atoms with Gasteiger partial charge < -0.3 is 24.6 Å². The average molecular weight is 395 g/mol. The molecule has 2 heterocycles. The number of rotatable bonds is 12. The Hall–Kier alpha value is -1.60. The molecular weight excluding hydrogens is 356 g/mol. The van der Waals surface area contributed by atoms with Crippen LogP contribution in [0.3, 0.4) is 0 Å². The van der Waals surface area contributed by atoms with Crippen molar-refractivity contribution in [1.82, 2.24) is 15.8 Å². The summed E-state index contributed by atoms with van der Waals surface area (Å²) >= 11 is 0. The molecule has 0 bridgehead atoms. The van der Waals surface area contributed by atoms with E-state index in [1.54, 1.807) is 0 Å². The molecule has 1 fully saturated rings. The fourth-order valence-electron chi connectivity index (χ4n) is 3.35. The molecule has 1 aliphatic heterocycles. The summed E-state index contributed by atoms with van der Waals surface area (Å²) in [4.78, 5) is 4.61. The number of aliphatic imine (C=N–C) groups is 1. The molecule has 0 radical (unpaired) electrons. The van der Waals surface area contributed by atoms with Gasteiger partial charge in [0.25, 0.3) is 0 Å². The third kappa shape index (κ3) is 8.19. The smallest absolute Gasteiger partial charge is 0.191 e. The summed E-state index contributed by atoms with van der Waals surface area (Å²) < 4.78 is 16.6. The zero-order valence-corrected chi connectivity index (χ0v) is 17.8.